The first-order valence-electron chi connectivity index (χ1n) is 5.61. The van der Waals surface area contributed by atoms with Gasteiger partial charge in [0.2, 0.25) is 0 Å². The molecule has 0 saturated carbocycles. The second kappa shape index (κ2) is 4.93. The summed E-state index contributed by atoms with van der Waals surface area (Å²) in [7, 11) is 0. The van der Waals surface area contributed by atoms with Gasteiger partial charge in [0.1, 0.15) is 11.5 Å². The lowest BCUT2D eigenvalue weighted by Crippen LogP contribution is -2.11. The van der Waals surface area contributed by atoms with E-state index in [4.69, 9.17) is 10.8 Å². The van der Waals surface area contributed by atoms with Gasteiger partial charge in [0.05, 0.1) is 16.7 Å². The molecule has 5 N–H and O–H groups in total. The molecule has 0 heterocycles. The van der Waals surface area contributed by atoms with Gasteiger partial charge in [-0.3, -0.25) is 4.79 Å². The highest BCUT2D eigenvalue weighted by Crippen LogP contribution is 2.40. The first-order chi connectivity index (χ1) is 9.43. The number of benzene rings is 2. The third-order valence-electron chi connectivity index (χ3n) is 2.85. The van der Waals surface area contributed by atoms with E-state index in [2.05, 4.69) is 0 Å². The third kappa shape index (κ3) is 2.14. The van der Waals surface area contributed by atoms with Gasteiger partial charge < -0.3 is 21.1 Å². The van der Waals surface area contributed by atoms with Crippen molar-refractivity contribution in [2.24, 2.45) is 5.73 Å². The average molecular weight is 273 g/mol. The number of primary amides is 1. The lowest BCUT2D eigenvalue weighted by Gasteiger charge is -2.12. The minimum absolute atomic E-state index is 0.0955. The molecular formula is C14H11NO5. The molecule has 0 aromatic heterocycles. The van der Waals surface area contributed by atoms with Gasteiger partial charge in [-0.25, -0.2) is 4.79 Å². The molecule has 0 aliphatic rings. The Balaban J connectivity index is 2.80. The Kier molecular flexibility index (Phi) is 3.30. The molecule has 0 radical (unpaired) electrons. The quantitative estimate of drug-likeness (QED) is 0.676. The summed E-state index contributed by atoms with van der Waals surface area (Å²) in [6.45, 7) is 0. The summed E-state index contributed by atoms with van der Waals surface area (Å²) < 4.78 is 0. The van der Waals surface area contributed by atoms with Crippen molar-refractivity contribution in [3.8, 4) is 22.6 Å². The van der Waals surface area contributed by atoms with E-state index in [1.54, 1.807) is 6.07 Å². The van der Waals surface area contributed by atoms with Gasteiger partial charge in [0.15, 0.2) is 0 Å². The minimum atomic E-state index is -1.22. The second-order valence-corrected chi connectivity index (χ2v) is 4.07. The Morgan fingerprint density at radius 3 is 2.20 bits per heavy atom. The number of rotatable bonds is 3. The predicted octanol–water partition coefficient (Wildman–Crippen LogP) is 1.56. The van der Waals surface area contributed by atoms with Crippen LogP contribution in [0.1, 0.15) is 20.7 Å². The molecule has 2 aromatic carbocycles. The summed E-state index contributed by atoms with van der Waals surface area (Å²) in [5, 5.41) is 29.0. The maximum Gasteiger partial charge on any atom is 0.336 e. The lowest BCUT2D eigenvalue weighted by molar-refractivity contribution is 0.0697. The van der Waals surface area contributed by atoms with Gasteiger partial charge in [0.25, 0.3) is 5.91 Å². The van der Waals surface area contributed by atoms with Gasteiger partial charge >= 0.3 is 5.97 Å². The van der Waals surface area contributed by atoms with Crippen LogP contribution in [-0.2, 0) is 0 Å². The van der Waals surface area contributed by atoms with Gasteiger partial charge in [-0.1, -0.05) is 18.2 Å². The van der Waals surface area contributed by atoms with Crippen molar-refractivity contribution in [1.29, 1.82) is 0 Å². The van der Waals surface area contributed by atoms with E-state index < -0.39 is 17.6 Å². The van der Waals surface area contributed by atoms with Crippen LogP contribution in [0, 0.1) is 0 Å². The van der Waals surface area contributed by atoms with E-state index in [-0.39, 0.29) is 28.0 Å². The second-order valence-electron chi connectivity index (χ2n) is 4.07. The van der Waals surface area contributed by atoms with Crippen molar-refractivity contribution in [1.82, 2.24) is 0 Å². The van der Waals surface area contributed by atoms with Gasteiger partial charge in [-0.15, -0.1) is 0 Å². The lowest BCUT2D eigenvalue weighted by atomic mass is 9.95. The number of amides is 1. The van der Waals surface area contributed by atoms with Crippen molar-refractivity contribution in [3.63, 3.8) is 0 Å². The molecule has 6 heteroatoms. The highest BCUT2D eigenvalue weighted by molar-refractivity contribution is 6.02. The SMILES string of the molecule is NC(=O)c1ccc(O)c(-c2ccccc2C(=O)O)c1O. The molecule has 0 atom stereocenters. The molecule has 6 nitrogen and oxygen atoms in total. The van der Waals surface area contributed by atoms with E-state index in [0.29, 0.717) is 0 Å². The van der Waals surface area contributed by atoms with Crippen LogP contribution < -0.4 is 5.73 Å². The van der Waals surface area contributed by atoms with Crippen molar-refractivity contribution < 1.29 is 24.9 Å². The van der Waals surface area contributed by atoms with Crippen LogP contribution in [0.4, 0.5) is 0 Å². The van der Waals surface area contributed by atoms with Crippen molar-refractivity contribution in [3.05, 3.63) is 47.5 Å². The van der Waals surface area contributed by atoms with E-state index >= 15 is 0 Å². The number of carbonyl (C=O) groups is 2. The largest absolute Gasteiger partial charge is 0.507 e. The number of carbonyl (C=O) groups excluding carboxylic acids is 1. The maximum absolute atomic E-state index is 11.2. The summed E-state index contributed by atoms with van der Waals surface area (Å²) in [5.74, 6) is -2.99. The Bertz CT molecular complexity index is 709. The monoisotopic (exact) mass is 273 g/mol. The van der Waals surface area contributed by atoms with Crippen molar-refractivity contribution in [2.75, 3.05) is 0 Å². The van der Waals surface area contributed by atoms with E-state index in [9.17, 15) is 19.8 Å². The van der Waals surface area contributed by atoms with Crippen LogP contribution in [0.5, 0.6) is 11.5 Å². The number of carboxylic acids is 1. The summed E-state index contributed by atoms with van der Waals surface area (Å²) in [6.07, 6.45) is 0. The molecule has 102 valence electrons. The van der Waals surface area contributed by atoms with Gasteiger partial charge in [-0.2, -0.15) is 0 Å². The van der Waals surface area contributed by atoms with Crippen LogP contribution in [-0.4, -0.2) is 27.2 Å². The van der Waals surface area contributed by atoms with Crippen molar-refractivity contribution in [2.45, 2.75) is 0 Å². The number of aromatic hydroxyl groups is 2. The number of aromatic carboxylic acids is 1. The molecule has 0 spiro atoms. The molecule has 20 heavy (non-hydrogen) atoms. The summed E-state index contributed by atoms with van der Waals surface area (Å²) in [5.41, 5.74) is 4.76. The fraction of sp³-hybridized carbons (Fsp3) is 0. The molecular weight excluding hydrogens is 262 g/mol. The summed E-state index contributed by atoms with van der Waals surface area (Å²) >= 11 is 0. The molecule has 2 aromatic rings. The fourth-order valence-electron chi connectivity index (χ4n) is 1.93. The topological polar surface area (TPSA) is 121 Å². The molecule has 0 unspecified atom stereocenters. The molecule has 2 rings (SSSR count). The zero-order valence-corrected chi connectivity index (χ0v) is 10.2. The molecule has 0 fully saturated rings. The van der Waals surface area contributed by atoms with Gasteiger partial charge in [0, 0.05) is 5.56 Å². The number of phenols is 2. The molecule has 0 bridgehead atoms. The first kappa shape index (κ1) is 13.4. The Labute approximate surface area is 113 Å². The Hall–Kier alpha value is -3.02. The maximum atomic E-state index is 11.2. The third-order valence-corrected chi connectivity index (χ3v) is 2.85. The highest BCUT2D eigenvalue weighted by atomic mass is 16.4. The number of carboxylic acid groups (broad SMARTS) is 1. The Morgan fingerprint density at radius 2 is 1.60 bits per heavy atom. The number of hydrogen-bond donors (Lipinski definition) is 4. The molecule has 1 amide bonds. The zero-order chi connectivity index (χ0) is 14.9. The molecule has 0 aliphatic heterocycles. The number of phenolic OH excluding ortho intramolecular Hbond substituents is 1. The van der Waals surface area contributed by atoms with Crippen LogP contribution in [0.15, 0.2) is 36.4 Å². The van der Waals surface area contributed by atoms with Crippen LogP contribution >= 0.6 is 0 Å². The van der Waals surface area contributed by atoms with E-state index in [1.165, 1.54) is 30.3 Å². The van der Waals surface area contributed by atoms with Crippen LogP contribution in [0.3, 0.4) is 0 Å². The summed E-state index contributed by atoms with van der Waals surface area (Å²) in [4.78, 5) is 22.4. The summed E-state index contributed by atoms with van der Waals surface area (Å²) in [6, 6.07) is 8.15. The highest BCUT2D eigenvalue weighted by Gasteiger charge is 2.21. The predicted molar refractivity (Wildman–Crippen MR) is 70.7 cm³/mol. The van der Waals surface area contributed by atoms with Gasteiger partial charge in [-0.05, 0) is 18.2 Å². The minimum Gasteiger partial charge on any atom is -0.507 e. The molecule has 0 aliphatic carbocycles. The van der Waals surface area contributed by atoms with E-state index in [0.717, 1.165) is 0 Å². The van der Waals surface area contributed by atoms with Crippen LogP contribution in [0.2, 0.25) is 0 Å². The fourth-order valence-corrected chi connectivity index (χ4v) is 1.93. The van der Waals surface area contributed by atoms with Crippen LogP contribution in [0.25, 0.3) is 11.1 Å². The number of nitrogens with two attached hydrogens (primary N) is 1. The molecule has 0 saturated heterocycles. The van der Waals surface area contributed by atoms with E-state index in [1.807, 2.05) is 0 Å². The normalized spacial score (nSPS) is 10.2. The number of hydrogen-bond acceptors (Lipinski definition) is 4. The average Bonchev–Trinajstić information content (AvgIpc) is 2.38. The smallest absolute Gasteiger partial charge is 0.336 e. The standard InChI is InChI=1S/C14H11NO5/c15-13(18)9-5-6-10(16)11(12(9)17)7-3-1-2-4-8(7)14(19)20/h1-6,16-17H,(H2,15,18)(H,19,20). The van der Waals surface area contributed by atoms with Crippen molar-refractivity contribution >= 4 is 11.9 Å². The first-order valence-corrected chi connectivity index (χ1v) is 5.61. The zero-order valence-electron chi connectivity index (χ0n) is 10.2. The Morgan fingerprint density at radius 1 is 0.950 bits per heavy atom.